The van der Waals surface area contributed by atoms with Crippen molar-refractivity contribution in [3.05, 3.63) is 11.3 Å². The molecule has 5 nitrogen and oxygen atoms in total. The lowest BCUT2D eigenvalue weighted by Gasteiger charge is -2.20. The highest BCUT2D eigenvalue weighted by Crippen LogP contribution is 2.36. The Morgan fingerprint density at radius 2 is 2.25 bits per heavy atom. The van der Waals surface area contributed by atoms with Crippen LogP contribution in [0, 0.1) is 0 Å². The van der Waals surface area contributed by atoms with Gasteiger partial charge in [-0.15, -0.1) is 0 Å². The molecule has 2 rings (SSSR count). The number of ether oxygens (including phenoxy) is 1. The second-order valence-electron chi connectivity index (χ2n) is 3.69. The van der Waals surface area contributed by atoms with Gasteiger partial charge in [0.15, 0.2) is 5.69 Å². The molecule has 0 saturated carbocycles. The predicted octanol–water partition coefficient (Wildman–Crippen LogP) is 1.65. The quantitative estimate of drug-likeness (QED) is 0.794. The van der Waals surface area contributed by atoms with Crippen molar-refractivity contribution in [3.63, 3.8) is 0 Å². The van der Waals surface area contributed by atoms with Crippen molar-refractivity contribution in [2.45, 2.75) is 18.8 Å². The molecule has 0 amide bonds. The summed E-state index contributed by atoms with van der Waals surface area (Å²) in [7, 11) is 1.33. The van der Waals surface area contributed by atoms with E-state index >= 15 is 0 Å². The molecule has 0 atom stereocenters. The summed E-state index contributed by atoms with van der Waals surface area (Å²) in [4.78, 5) is 11.5. The highest BCUT2D eigenvalue weighted by molar-refractivity contribution is 7.99. The fourth-order valence-electron chi connectivity index (χ4n) is 1.93. The number of aromatic nitrogens is 1. The molecule has 6 heteroatoms. The number of hydrogen-bond donors (Lipinski definition) is 1. The van der Waals surface area contributed by atoms with Gasteiger partial charge in [0, 0.05) is 0 Å². The van der Waals surface area contributed by atoms with Crippen LogP contribution in [-0.4, -0.2) is 29.7 Å². The summed E-state index contributed by atoms with van der Waals surface area (Å²) in [6.45, 7) is 0. The minimum absolute atomic E-state index is 0.233. The second kappa shape index (κ2) is 4.78. The molecule has 1 saturated heterocycles. The zero-order valence-electron chi connectivity index (χ0n) is 9.06. The van der Waals surface area contributed by atoms with Gasteiger partial charge in [-0.3, -0.25) is 0 Å². The molecule has 1 aliphatic heterocycles. The van der Waals surface area contributed by atoms with E-state index in [-0.39, 0.29) is 17.5 Å². The topological polar surface area (TPSA) is 78.3 Å². The molecule has 0 unspecified atom stereocenters. The van der Waals surface area contributed by atoms with Gasteiger partial charge in [0.1, 0.15) is 0 Å². The summed E-state index contributed by atoms with van der Waals surface area (Å²) in [5.74, 6) is 2.19. The van der Waals surface area contributed by atoms with Gasteiger partial charge in [-0.05, 0) is 30.3 Å². The van der Waals surface area contributed by atoms with Crippen LogP contribution < -0.4 is 5.73 Å². The van der Waals surface area contributed by atoms with Gasteiger partial charge >= 0.3 is 5.97 Å². The van der Waals surface area contributed by atoms with Crippen molar-refractivity contribution in [1.29, 1.82) is 0 Å². The number of anilines is 1. The van der Waals surface area contributed by atoms with Crippen LogP contribution in [0.15, 0.2) is 4.52 Å². The van der Waals surface area contributed by atoms with Crippen molar-refractivity contribution >= 4 is 23.6 Å². The summed E-state index contributed by atoms with van der Waals surface area (Å²) in [6.07, 6.45) is 2.00. The van der Waals surface area contributed by atoms with Crippen LogP contribution in [0.2, 0.25) is 0 Å². The maximum absolute atomic E-state index is 11.5. The van der Waals surface area contributed by atoms with E-state index in [0.29, 0.717) is 0 Å². The number of methoxy groups -OCH3 is 1. The Labute approximate surface area is 97.7 Å². The number of thioether (sulfide) groups is 1. The number of carbonyl (C=O) groups excluding carboxylic acids is 1. The Kier molecular flexibility index (Phi) is 3.38. The first-order chi connectivity index (χ1) is 7.74. The summed E-state index contributed by atoms with van der Waals surface area (Å²) in [6, 6.07) is 0. The van der Waals surface area contributed by atoms with Crippen molar-refractivity contribution in [2.24, 2.45) is 0 Å². The number of esters is 1. The van der Waals surface area contributed by atoms with Crippen molar-refractivity contribution in [3.8, 4) is 0 Å². The standard InChI is InChI=1S/C10H14N2O3S/c1-14-10(13)8-7(9(11)15-12-8)6-2-4-16-5-3-6/h6H,2-5,11H2,1H3. The van der Waals surface area contributed by atoms with E-state index in [1.807, 2.05) is 11.8 Å². The molecule has 1 aliphatic rings. The third-order valence-corrected chi connectivity index (χ3v) is 3.81. The van der Waals surface area contributed by atoms with Crippen LogP contribution in [0.25, 0.3) is 0 Å². The third-order valence-electron chi connectivity index (χ3n) is 2.76. The van der Waals surface area contributed by atoms with E-state index in [1.54, 1.807) is 0 Å². The van der Waals surface area contributed by atoms with Crippen LogP contribution in [0.5, 0.6) is 0 Å². The Bertz CT molecular complexity index is 385. The SMILES string of the molecule is COC(=O)c1noc(N)c1C1CCSCC1. The number of nitrogens with two attached hydrogens (primary N) is 1. The summed E-state index contributed by atoms with van der Waals surface area (Å²) in [5, 5.41) is 3.68. The molecular formula is C10H14N2O3S. The van der Waals surface area contributed by atoms with E-state index in [4.69, 9.17) is 10.3 Å². The van der Waals surface area contributed by atoms with Gasteiger partial charge in [0.25, 0.3) is 0 Å². The molecule has 1 aromatic heterocycles. The fraction of sp³-hybridized carbons (Fsp3) is 0.600. The first-order valence-corrected chi connectivity index (χ1v) is 6.30. The average Bonchev–Trinajstić information content (AvgIpc) is 2.71. The maximum Gasteiger partial charge on any atom is 0.360 e. The molecule has 2 heterocycles. The highest BCUT2D eigenvalue weighted by Gasteiger charge is 2.28. The van der Waals surface area contributed by atoms with E-state index < -0.39 is 5.97 Å². The molecule has 0 bridgehead atoms. The van der Waals surface area contributed by atoms with Crippen LogP contribution in [-0.2, 0) is 4.74 Å². The van der Waals surface area contributed by atoms with Gasteiger partial charge in [-0.25, -0.2) is 4.79 Å². The predicted molar refractivity (Wildman–Crippen MR) is 61.6 cm³/mol. The van der Waals surface area contributed by atoms with E-state index in [0.717, 1.165) is 29.9 Å². The molecular weight excluding hydrogens is 228 g/mol. The smallest absolute Gasteiger partial charge is 0.360 e. The zero-order valence-corrected chi connectivity index (χ0v) is 9.88. The molecule has 16 heavy (non-hydrogen) atoms. The van der Waals surface area contributed by atoms with Gasteiger partial charge in [0.2, 0.25) is 5.88 Å². The van der Waals surface area contributed by atoms with E-state index in [2.05, 4.69) is 9.89 Å². The summed E-state index contributed by atoms with van der Waals surface area (Å²) < 4.78 is 9.55. The van der Waals surface area contributed by atoms with E-state index in [1.165, 1.54) is 7.11 Å². The highest BCUT2D eigenvalue weighted by atomic mass is 32.2. The zero-order chi connectivity index (χ0) is 11.5. The largest absolute Gasteiger partial charge is 0.464 e. The summed E-state index contributed by atoms with van der Waals surface area (Å²) in [5.41, 5.74) is 6.68. The molecule has 2 N–H and O–H groups in total. The number of rotatable bonds is 2. The molecule has 0 aromatic carbocycles. The maximum atomic E-state index is 11.5. The average molecular weight is 242 g/mol. The Balaban J connectivity index is 2.30. The molecule has 0 radical (unpaired) electrons. The van der Waals surface area contributed by atoms with E-state index in [9.17, 15) is 4.79 Å². The van der Waals surface area contributed by atoms with Gasteiger partial charge in [-0.1, -0.05) is 5.16 Å². The number of hydrogen-bond acceptors (Lipinski definition) is 6. The lowest BCUT2D eigenvalue weighted by atomic mass is 9.93. The lowest BCUT2D eigenvalue weighted by molar-refractivity contribution is 0.0587. The third kappa shape index (κ3) is 2.02. The number of nitrogen functional groups attached to an aromatic ring is 1. The molecule has 88 valence electrons. The minimum Gasteiger partial charge on any atom is -0.464 e. The fourth-order valence-corrected chi connectivity index (χ4v) is 3.04. The van der Waals surface area contributed by atoms with Crippen LogP contribution >= 0.6 is 11.8 Å². The normalized spacial score (nSPS) is 17.3. The van der Waals surface area contributed by atoms with Crippen molar-refractivity contribution in [2.75, 3.05) is 24.3 Å². The van der Waals surface area contributed by atoms with Gasteiger partial charge in [-0.2, -0.15) is 11.8 Å². The first kappa shape index (κ1) is 11.3. The molecule has 1 fully saturated rings. The van der Waals surface area contributed by atoms with Gasteiger partial charge in [0.05, 0.1) is 12.7 Å². The Morgan fingerprint density at radius 3 is 2.88 bits per heavy atom. The monoisotopic (exact) mass is 242 g/mol. The van der Waals surface area contributed by atoms with Crippen molar-refractivity contribution < 1.29 is 14.1 Å². The second-order valence-corrected chi connectivity index (χ2v) is 4.91. The van der Waals surface area contributed by atoms with Crippen molar-refractivity contribution in [1.82, 2.24) is 5.16 Å². The first-order valence-electron chi connectivity index (χ1n) is 5.15. The summed E-state index contributed by atoms with van der Waals surface area (Å²) >= 11 is 1.91. The van der Waals surface area contributed by atoms with Crippen LogP contribution in [0.3, 0.4) is 0 Å². The Hall–Kier alpha value is -1.17. The minimum atomic E-state index is -0.478. The molecule has 1 aromatic rings. The molecule has 0 aliphatic carbocycles. The lowest BCUT2D eigenvalue weighted by Crippen LogP contribution is -2.14. The van der Waals surface area contributed by atoms with Crippen LogP contribution in [0.4, 0.5) is 5.88 Å². The number of carbonyl (C=O) groups is 1. The molecule has 0 spiro atoms. The Morgan fingerprint density at radius 1 is 1.56 bits per heavy atom. The van der Waals surface area contributed by atoms with Gasteiger partial charge < -0.3 is 15.0 Å². The van der Waals surface area contributed by atoms with Crippen LogP contribution in [0.1, 0.15) is 34.8 Å². The number of nitrogens with zero attached hydrogens (tertiary/aromatic N) is 1.